The van der Waals surface area contributed by atoms with Gasteiger partial charge in [0.2, 0.25) is 0 Å². The summed E-state index contributed by atoms with van der Waals surface area (Å²) in [5.74, 6) is 1.18. The standard InChI is InChI=1S/C42H63N5O5Si2/c1-9-49-29-37-39(26-32-16-18-34(19-17-32)42(48)52-10-2)45-40-36(35-20-21-38(43-27-35)33-14-12-11-13-15-33)28-44-47(40)41(37)46(30-50-22-24-53(3,4)5)31-51-23-25-54(6,7)8/h11-15,20-21,27-28,32,34H,9-10,16-19,22-26,29-31H2,1-8H3. The van der Waals surface area contributed by atoms with Gasteiger partial charge in [0.1, 0.15) is 19.3 Å². The number of rotatable bonds is 20. The Morgan fingerprint density at radius 3 is 2.06 bits per heavy atom. The first-order chi connectivity index (χ1) is 25.9. The Balaban J connectivity index is 1.57. The van der Waals surface area contributed by atoms with Crippen molar-refractivity contribution in [2.45, 2.75) is 104 Å². The molecule has 0 radical (unpaired) electrons. The van der Waals surface area contributed by atoms with Crippen molar-refractivity contribution in [2.24, 2.45) is 11.8 Å². The van der Waals surface area contributed by atoms with Gasteiger partial charge in [-0.15, -0.1) is 0 Å². The van der Waals surface area contributed by atoms with E-state index < -0.39 is 16.1 Å². The maximum atomic E-state index is 12.6. The highest BCUT2D eigenvalue weighted by atomic mass is 28.3. The van der Waals surface area contributed by atoms with E-state index in [0.717, 1.165) is 89.3 Å². The molecule has 0 N–H and O–H groups in total. The number of anilines is 1. The summed E-state index contributed by atoms with van der Waals surface area (Å²) in [6.07, 6.45) is 8.15. The Hall–Kier alpha value is -3.43. The van der Waals surface area contributed by atoms with E-state index >= 15 is 0 Å². The van der Waals surface area contributed by atoms with Crippen LogP contribution in [0.5, 0.6) is 0 Å². The lowest BCUT2D eigenvalue weighted by Crippen LogP contribution is -2.34. The second kappa shape index (κ2) is 19.4. The van der Waals surface area contributed by atoms with E-state index in [1.165, 1.54) is 0 Å². The smallest absolute Gasteiger partial charge is 0.308 e. The van der Waals surface area contributed by atoms with E-state index in [2.05, 4.69) is 68.4 Å². The van der Waals surface area contributed by atoms with Gasteiger partial charge in [-0.1, -0.05) is 75.7 Å². The lowest BCUT2D eigenvalue weighted by Gasteiger charge is -2.31. The summed E-state index contributed by atoms with van der Waals surface area (Å²) in [6.45, 7) is 21.6. The molecule has 0 unspecified atom stereocenters. The summed E-state index contributed by atoms with van der Waals surface area (Å²) >= 11 is 0. The quantitative estimate of drug-likeness (QED) is 0.0377. The van der Waals surface area contributed by atoms with Crippen molar-refractivity contribution in [3.63, 3.8) is 0 Å². The minimum atomic E-state index is -1.30. The molecule has 3 aromatic heterocycles. The summed E-state index contributed by atoms with van der Waals surface area (Å²) in [4.78, 5) is 25.0. The minimum Gasteiger partial charge on any atom is -0.466 e. The molecule has 0 amide bonds. The number of hydrogen-bond donors (Lipinski definition) is 0. The highest BCUT2D eigenvalue weighted by Crippen LogP contribution is 2.36. The molecule has 12 heteroatoms. The average molecular weight is 774 g/mol. The fourth-order valence-electron chi connectivity index (χ4n) is 6.84. The van der Waals surface area contributed by atoms with Gasteiger partial charge in [0.15, 0.2) is 5.65 Å². The molecule has 294 valence electrons. The van der Waals surface area contributed by atoms with E-state index in [9.17, 15) is 4.79 Å². The predicted octanol–water partition coefficient (Wildman–Crippen LogP) is 9.34. The summed E-state index contributed by atoms with van der Waals surface area (Å²) < 4.78 is 26.5. The maximum absolute atomic E-state index is 12.6. The van der Waals surface area contributed by atoms with E-state index in [1.54, 1.807) is 0 Å². The van der Waals surface area contributed by atoms with Gasteiger partial charge < -0.3 is 23.8 Å². The van der Waals surface area contributed by atoms with Crippen LogP contribution in [0.25, 0.3) is 28.0 Å². The number of ether oxygens (including phenoxy) is 4. The Morgan fingerprint density at radius 2 is 1.48 bits per heavy atom. The zero-order chi connectivity index (χ0) is 38.7. The van der Waals surface area contributed by atoms with Crippen molar-refractivity contribution in [2.75, 3.05) is 44.8 Å². The third-order valence-electron chi connectivity index (χ3n) is 10.1. The van der Waals surface area contributed by atoms with Gasteiger partial charge in [-0.3, -0.25) is 9.78 Å². The monoisotopic (exact) mass is 773 g/mol. The van der Waals surface area contributed by atoms with Crippen molar-refractivity contribution >= 4 is 33.6 Å². The van der Waals surface area contributed by atoms with Gasteiger partial charge in [-0.05, 0) is 70.0 Å². The molecule has 0 spiro atoms. The molecular formula is C42H63N5O5Si2. The molecule has 4 aromatic rings. The molecule has 3 heterocycles. The highest BCUT2D eigenvalue weighted by molar-refractivity contribution is 6.76. The van der Waals surface area contributed by atoms with Gasteiger partial charge in [-0.2, -0.15) is 9.61 Å². The van der Waals surface area contributed by atoms with Crippen molar-refractivity contribution in [3.05, 3.63) is 66.1 Å². The summed E-state index contributed by atoms with van der Waals surface area (Å²) in [5, 5.41) is 5.02. The summed E-state index contributed by atoms with van der Waals surface area (Å²) in [7, 11) is -2.59. The van der Waals surface area contributed by atoms with E-state index in [-0.39, 0.29) is 11.9 Å². The highest BCUT2D eigenvalue weighted by Gasteiger charge is 2.30. The molecule has 0 saturated heterocycles. The van der Waals surface area contributed by atoms with Gasteiger partial charge in [0.25, 0.3) is 0 Å². The van der Waals surface area contributed by atoms with Crippen LogP contribution >= 0.6 is 0 Å². The van der Waals surface area contributed by atoms with Crippen LogP contribution in [-0.4, -0.2) is 81.6 Å². The van der Waals surface area contributed by atoms with Crippen LogP contribution in [0.1, 0.15) is 50.8 Å². The van der Waals surface area contributed by atoms with Crippen LogP contribution in [0, 0.1) is 11.8 Å². The molecule has 1 saturated carbocycles. The van der Waals surface area contributed by atoms with E-state index in [4.69, 9.17) is 34.0 Å². The SMILES string of the molecule is CCOCc1c(CC2CCC(C(=O)OCC)CC2)nc2c(-c3ccc(-c4ccccc4)nc3)cnn2c1N(COCC[Si](C)(C)C)COCC[Si](C)(C)C. The number of carbonyl (C=O) groups excluding carboxylic acids is 1. The average Bonchev–Trinajstić information content (AvgIpc) is 3.56. The number of hydrogen-bond acceptors (Lipinski definition) is 9. The fourth-order valence-corrected chi connectivity index (χ4v) is 8.35. The van der Waals surface area contributed by atoms with Crippen molar-refractivity contribution in [1.29, 1.82) is 0 Å². The van der Waals surface area contributed by atoms with Crippen molar-refractivity contribution < 1.29 is 23.7 Å². The third-order valence-corrected chi connectivity index (χ3v) is 13.5. The molecule has 1 fully saturated rings. The largest absolute Gasteiger partial charge is 0.466 e. The number of carbonyl (C=O) groups is 1. The lowest BCUT2D eigenvalue weighted by molar-refractivity contribution is -0.149. The zero-order valence-corrected chi connectivity index (χ0v) is 36.0. The molecule has 0 aliphatic heterocycles. The third kappa shape index (κ3) is 11.8. The van der Waals surface area contributed by atoms with Crippen molar-refractivity contribution in [3.8, 4) is 22.4 Å². The minimum absolute atomic E-state index is 0.0278. The number of nitrogens with zero attached hydrogens (tertiary/aromatic N) is 5. The maximum Gasteiger partial charge on any atom is 0.308 e. The van der Waals surface area contributed by atoms with Gasteiger partial charge in [-0.25, -0.2) is 4.98 Å². The zero-order valence-electron chi connectivity index (χ0n) is 34.0. The summed E-state index contributed by atoms with van der Waals surface area (Å²) in [6, 6.07) is 16.5. The Labute approximate surface area is 325 Å². The molecule has 1 aliphatic carbocycles. The summed E-state index contributed by atoms with van der Waals surface area (Å²) in [5.41, 5.74) is 6.62. The van der Waals surface area contributed by atoms with E-state index in [1.807, 2.05) is 49.0 Å². The first-order valence-corrected chi connectivity index (χ1v) is 27.3. The second-order valence-corrected chi connectivity index (χ2v) is 28.2. The molecular weight excluding hydrogens is 711 g/mol. The lowest BCUT2D eigenvalue weighted by atomic mass is 9.79. The van der Waals surface area contributed by atoms with Crippen molar-refractivity contribution in [1.82, 2.24) is 19.6 Å². The number of esters is 1. The fraction of sp³-hybridized carbons (Fsp3) is 0.571. The van der Waals surface area contributed by atoms with Crippen LogP contribution in [-0.2, 0) is 36.8 Å². The number of pyridine rings is 1. The van der Waals surface area contributed by atoms with Crippen LogP contribution in [0.15, 0.2) is 54.9 Å². The molecule has 0 bridgehead atoms. The molecule has 10 nitrogen and oxygen atoms in total. The molecule has 0 atom stereocenters. The van der Waals surface area contributed by atoms with Gasteiger partial charge in [0, 0.05) is 64.4 Å². The number of fused-ring (bicyclic) bond motifs is 1. The second-order valence-electron chi connectivity index (χ2n) is 17.0. The van der Waals surface area contributed by atoms with Crippen LogP contribution < -0.4 is 4.90 Å². The number of benzene rings is 1. The molecule has 1 aromatic carbocycles. The van der Waals surface area contributed by atoms with Crippen LogP contribution in [0.2, 0.25) is 51.4 Å². The first-order valence-electron chi connectivity index (χ1n) is 19.9. The van der Waals surface area contributed by atoms with Crippen LogP contribution in [0.3, 0.4) is 0 Å². The van der Waals surface area contributed by atoms with E-state index in [0.29, 0.717) is 52.4 Å². The molecule has 1 aliphatic rings. The molecule has 54 heavy (non-hydrogen) atoms. The van der Waals surface area contributed by atoms with Crippen LogP contribution in [0.4, 0.5) is 5.82 Å². The topological polar surface area (TPSA) is 100 Å². The normalized spacial score (nSPS) is 16.5. The Morgan fingerprint density at radius 1 is 0.815 bits per heavy atom. The number of aromatic nitrogens is 4. The predicted molar refractivity (Wildman–Crippen MR) is 223 cm³/mol. The van der Waals surface area contributed by atoms with Gasteiger partial charge >= 0.3 is 5.97 Å². The molecule has 5 rings (SSSR count). The first kappa shape index (κ1) is 41.7. The van der Waals surface area contributed by atoms with Gasteiger partial charge in [0.05, 0.1) is 36.7 Å². The Kier molecular flexibility index (Phi) is 15.0. The Bertz CT molecular complexity index is 1740.